The van der Waals surface area contributed by atoms with Crippen molar-refractivity contribution >= 4 is 11.6 Å². The summed E-state index contributed by atoms with van der Waals surface area (Å²) in [4.78, 5) is 12.3. The third-order valence-electron chi connectivity index (χ3n) is 3.86. The van der Waals surface area contributed by atoms with Crippen LogP contribution in [0.3, 0.4) is 0 Å². The number of nitrogens with zero attached hydrogens (tertiary/aromatic N) is 2. The van der Waals surface area contributed by atoms with Gasteiger partial charge in [0.2, 0.25) is 5.91 Å². The van der Waals surface area contributed by atoms with Crippen molar-refractivity contribution in [3.63, 3.8) is 0 Å². The summed E-state index contributed by atoms with van der Waals surface area (Å²) < 4.78 is 1.78. The van der Waals surface area contributed by atoms with Crippen LogP contribution in [0.15, 0.2) is 67.0 Å². The quantitative estimate of drug-likeness (QED) is 0.767. The van der Waals surface area contributed by atoms with Crippen LogP contribution in [-0.2, 0) is 11.2 Å². The molecule has 0 spiro atoms. The Bertz CT molecular complexity index is 822. The maximum absolute atomic E-state index is 12.3. The molecule has 0 saturated heterocycles. The molecule has 0 bridgehead atoms. The third kappa shape index (κ3) is 3.90. The van der Waals surface area contributed by atoms with Gasteiger partial charge in [0.05, 0.1) is 18.3 Å². The monoisotopic (exact) mass is 319 g/mol. The molecule has 1 N–H and O–H groups in total. The number of aromatic nitrogens is 2. The summed E-state index contributed by atoms with van der Waals surface area (Å²) in [5, 5.41) is 7.28. The summed E-state index contributed by atoms with van der Waals surface area (Å²) in [7, 11) is 0. The molecule has 24 heavy (non-hydrogen) atoms. The molecule has 3 rings (SSSR count). The maximum atomic E-state index is 12.3. The van der Waals surface area contributed by atoms with E-state index in [1.54, 1.807) is 10.9 Å². The van der Waals surface area contributed by atoms with Crippen molar-refractivity contribution < 1.29 is 4.79 Å². The van der Waals surface area contributed by atoms with Gasteiger partial charge in [0, 0.05) is 11.9 Å². The van der Waals surface area contributed by atoms with Gasteiger partial charge in [-0.1, -0.05) is 44.2 Å². The van der Waals surface area contributed by atoms with Crippen molar-refractivity contribution in [2.24, 2.45) is 0 Å². The molecular weight excluding hydrogens is 298 g/mol. The normalized spacial score (nSPS) is 10.8. The Balaban J connectivity index is 1.65. The van der Waals surface area contributed by atoms with E-state index in [2.05, 4.69) is 30.3 Å². The molecule has 1 aromatic heterocycles. The van der Waals surface area contributed by atoms with E-state index in [0.717, 1.165) is 16.9 Å². The molecule has 0 radical (unpaired) electrons. The first-order valence-electron chi connectivity index (χ1n) is 8.10. The summed E-state index contributed by atoms with van der Waals surface area (Å²) in [5.41, 5.74) is 3.91. The highest BCUT2D eigenvalue weighted by atomic mass is 16.1. The summed E-state index contributed by atoms with van der Waals surface area (Å²) in [6.07, 6.45) is 3.93. The summed E-state index contributed by atoms with van der Waals surface area (Å²) in [6.45, 7) is 4.28. The second-order valence-electron chi connectivity index (χ2n) is 6.13. The molecule has 0 saturated carbocycles. The van der Waals surface area contributed by atoms with E-state index in [1.807, 2.05) is 54.7 Å². The predicted molar refractivity (Wildman–Crippen MR) is 96.4 cm³/mol. The van der Waals surface area contributed by atoms with Crippen LogP contribution < -0.4 is 5.32 Å². The average molecular weight is 319 g/mol. The number of carbonyl (C=O) groups is 1. The van der Waals surface area contributed by atoms with Crippen LogP contribution in [0, 0.1) is 0 Å². The molecule has 4 heteroatoms. The molecule has 1 amide bonds. The maximum Gasteiger partial charge on any atom is 0.228 e. The van der Waals surface area contributed by atoms with Gasteiger partial charge >= 0.3 is 0 Å². The second-order valence-corrected chi connectivity index (χ2v) is 6.13. The number of hydrogen-bond acceptors (Lipinski definition) is 2. The lowest BCUT2D eigenvalue weighted by Crippen LogP contribution is -2.14. The van der Waals surface area contributed by atoms with Gasteiger partial charge < -0.3 is 5.32 Å². The molecule has 0 atom stereocenters. The van der Waals surface area contributed by atoms with Crippen LogP contribution in [-0.4, -0.2) is 15.7 Å². The Labute approximate surface area is 142 Å². The van der Waals surface area contributed by atoms with Gasteiger partial charge in [-0.15, -0.1) is 0 Å². The summed E-state index contributed by atoms with van der Waals surface area (Å²) in [6, 6.07) is 17.8. The molecule has 3 aromatic rings. The minimum absolute atomic E-state index is 0.0384. The fraction of sp³-hybridized carbons (Fsp3) is 0.200. The van der Waals surface area contributed by atoms with Crippen LogP contribution >= 0.6 is 0 Å². The van der Waals surface area contributed by atoms with Gasteiger partial charge in [-0.3, -0.25) is 4.79 Å². The average Bonchev–Trinajstić information content (AvgIpc) is 3.04. The van der Waals surface area contributed by atoms with E-state index in [1.165, 1.54) is 5.56 Å². The first-order chi connectivity index (χ1) is 11.6. The van der Waals surface area contributed by atoms with Crippen molar-refractivity contribution in [2.45, 2.75) is 26.2 Å². The van der Waals surface area contributed by atoms with E-state index in [0.29, 0.717) is 12.3 Å². The Kier molecular flexibility index (Phi) is 4.75. The van der Waals surface area contributed by atoms with E-state index in [-0.39, 0.29) is 5.91 Å². The molecule has 0 aliphatic carbocycles. The smallest absolute Gasteiger partial charge is 0.228 e. The number of hydrogen-bond donors (Lipinski definition) is 1. The van der Waals surface area contributed by atoms with Crippen molar-refractivity contribution in [1.29, 1.82) is 0 Å². The van der Waals surface area contributed by atoms with Crippen LogP contribution in [0.1, 0.15) is 30.9 Å². The lowest BCUT2D eigenvalue weighted by Gasteiger charge is -2.09. The molecular formula is C20H21N3O. The van der Waals surface area contributed by atoms with Crippen molar-refractivity contribution in [2.75, 3.05) is 5.32 Å². The Morgan fingerprint density at radius 3 is 2.67 bits per heavy atom. The number of nitrogens with one attached hydrogen (secondary N) is 1. The van der Waals surface area contributed by atoms with Gasteiger partial charge in [0.15, 0.2) is 0 Å². The first-order valence-corrected chi connectivity index (χ1v) is 8.10. The number of amides is 1. The zero-order chi connectivity index (χ0) is 16.9. The van der Waals surface area contributed by atoms with E-state index in [9.17, 15) is 4.79 Å². The number of para-hydroxylation sites is 1. The highest BCUT2D eigenvalue weighted by Crippen LogP contribution is 2.18. The number of carbonyl (C=O) groups excluding carboxylic acids is 1. The number of benzene rings is 2. The standard InChI is InChI=1S/C20H21N3O/c1-15(2)17-7-6-8-18(12-17)22-20(24)11-16-13-21-23(14-16)19-9-4-3-5-10-19/h3-10,12-15H,11H2,1-2H3,(H,22,24). The van der Waals surface area contributed by atoms with Gasteiger partial charge in [-0.25, -0.2) is 4.68 Å². The van der Waals surface area contributed by atoms with Crippen LogP contribution in [0.5, 0.6) is 0 Å². The lowest BCUT2D eigenvalue weighted by molar-refractivity contribution is -0.115. The fourth-order valence-electron chi connectivity index (χ4n) is 2.54. The lowest BCUT2D eigenvalue weighted by atomic mass is 10.0. The molecule has 4 nitrogen and oxygen atoms in total. The van der Waals surface area contributed by atoms with Gasteiger partial charge in [0.25, 0.3) is 0 Å². The predicted octanol–water partition coefficient (Wildman–Crippen LogP) is 4.18. The number of anilines is 1. The van der Waals surface area contributed by atoms with Crippen LogP contribution in [0.2, 0.25) is 0 Å². The zero-order valence-electron chi connectivity index (χ0n) is 13.9. The largest absolute Gasteiger partial charge is 0.326 e. The summed E-state index contributed by atoms with van der Waals surface area (Å²) >= 11 is 0. The molecule has 1 heterocycles. The van der Waals surface area contributed by atoms with Crippen molar-refractivity contribution in [3.05, 3.63) is 78.1 Å². The second kappa shape index (κ2) is 7.13. The third-order valence-corrected chi connectivity index (χ3v) is 3.86. The highest BCUT2D eigenvalue weighted by Gasteiger charge is 2.08. The molecule has 122 valence electrons. The Morgan fingerprint density at radius 2 is 1.92 bits per heavy atom. The molecule has 0 aliphatic heterocycles. The van der Waals surface area contributed by atoms with Gasteiger partial charge in [0.1, 0.15) is 0 Å². The SMILES string of the molecule is CC(C)c1cccc(NC(=O)Cc2cnn(-c3ccccc3)c2)c1. The molecule has 0 unspecified atom stereocenters. The topological polar surface area (TPSA) is 46.9 Å². The number of rotatable bonds is 5. The zero-order valence-corrected chi connectivity index (χ0v) is 13.9. The highest BCUT2D eigenvalue weighted by molar-refractivity contribution is 5.92. The summed E-state index contributed by atoms with van der Waals surface area (Å²) in [5.74, 6) is 0.398. The van der Waals surface area contributed by atoms with Crippen molar-refractivity contribution in [1.82, 2.24) is 9.78 Å². The molecule has 0 aliphatic rings. The first kappa shape index (κ1) is 16.0. The van der Waals surface area contributed by atoms with E-state index >= 15 is 0 Å². The van der Waals surface area contributed by atoms with Gasteiger partial charge in [-0.05, 0) is 41.3 Å². The fourth-order valence-corrected chi connectivity index (χ4v) is 2.54. The molecule has 0 fully saturated rings. The minimum Gasteiger partial charge on any atom is -0.326 e. The van der Waals surface area contributed by atoms with E-state index in [4.69, 9.17) is 0 Å². The van der Waals surface area contributed by atoms with Crippen LogP contribution in [0.4, 0.5) is 5.69 Å². The van der Waals surface area contributed by atoms with E-state index < -0.39 is 0 Å². The minimum atomic E-state index is -0.0384. The van der Waals surface area contributed by atoms with Gasteiger partial charge in [-0.2, -0.15) is 5.10 Å². The molecule has 2 aromatic carbocycles. The Hall–Kier alpha value is -2.88. The van der Waals surface area contributed by atoms with Crippen molar-refractivity contribution in [3.8, 4) is 5.69 Å². The van der Waals surface area contributed by atoms with Crippen LogP contribution in [0.25, 0.3) is 5.69 Å². The Morgan fingerprint density at radius 1 is 1.12 bits per heavy atom.